The van der Waals surface area contributed by atoms with Crippen LogP contribution in [0.3, 0.4) is 0 Å². The molecule has 68 valence electrons. The highest BCUT2D eigenvalue weighted by atomic mass is 16.5. The van der Waals surface area contributed by atoms with E-state index in [0.29, 0.717) is 12.8 Å². The lowest BCUT2D eigenvalue weighted by Gasteiger charge is -2.15. The van der Waals surface area contributed by atoms with Crippen molar-refractivity contribution in [3.63, 3.8) is 0 Å². The molecule has 0 aromatic rings. The number of carboxylic acid groups (broad SMARTS) is 1. The van der Waals surface area contributed by atoms with Crippen LogP contribution in [0.2, 0.25) is 0 Å². The van der Waals surface area contributed by atoms with Gasteiger partial charge in [-0.25, -0.2) is 0 Å². The van der Waals surface area contributed by atoms with Gasteiger partial charge in [0.05, 0.1) is 12.0 Å². The van der Waals surface area contributed by atoms with Gasteiger partial charge in [-0.15, -0.1) is 0 Å². The minimum Gasteiger partial charge on any atom is -0.481 e. The Bertz CT molecular complexity index is 189. The van der Waals surface area contributed by atoms with Gasteiger partial charge in [-0.2, -0.15) is 0 Å². The van der Waals surface area contributed by atoms with E-state index in [2.05, 4.69) is 0 Å². The van der Waals surface area contributed by atoms with Gasteiger partial charge < -0.3 is 14.6 Å². The lowest BCUT2D eigenvalue weighted by Crippen LogP contribution is -2.29. The average molecular weight is 172 g/mol. The molecule has 12 heavy (non-hydrogen) atoms. The summed E-state index contributed by atoms with van der Waals surface area (Å²) in [6.07, 6.45) is 1.71. The van der Waals surface area contributed by atoms with E-state index in [4.69, 9.17) is 9.84 Å². The minimum absolute atomic E-state index is 0.294. The van der Waals surface area contributed by atoms with Gasteiger partial charge in [0.1, 0.15) is 6.29 Å². The first-order valence-electron chi connectivity index (χ1n) is 3.91. The fraction of sp³-hybridized carbons (Fsp3) is 0.750. The van der Waals surface area contributed by atoms with Crippen molar-refractivity contribution in [2.45, 2.75) is 18.9 Å². The number of hydrogen-bond acceptors (Lipinski definition) is 3. The Hall–Kier alpha value is -0.900. The summed E-state index contributed by atoms with van der Waals surface area (Å²) in [6, 6.07) is 0. The zero-order valence-corrected chi connectivity index (χ0v) is 6.90. The predicted octanol–water partition coefficient (Wildman–Crippen LogP) is 0.311. The normalized spacial score (nSPS) is 34.9. The molecule has 3 atom stereocenters. The molecule has 0 radical (unpaired) electrons. The molecule has 0 saturated heterocycles. The maximum atomic E-state index is 10.7. The Morgan fingerprint density at radius 2 is 2.25 bits per heavy atom. The fourth-order valence-corrected chi connectivity index (χ4v) is 1.75. The molecule has 0 aromatic carbocycles. The van der Waals surface area contributed by atoms with Gasteiger partial charge in [0.15, 0.2) is 0 Å². The highest BCUT2D eigenvalue weighted by Crippen LogP contribution is 2.32. The Kier molecular flexibility index (Phi) is 2.81. The molecule has 0 heterocycles. The quantitative estimate of drug-likeness (QED) is 0.622. The molecule has 0 aromatic heterocycles. The van der Waals surface area contributed by atoms with Crippen molar-refractivity contribution in [3.8, 4) is 0 Å². The fourth-order valence-electron chi connectivity index (χ4n) is 1.75. The average Bonchev–Trinajstić information content (AvgIpc) is 2.46. The number of hydrogen-bond donors (Lipinski definition) is 1. The first-order chi connectivity index (χ1) is 5.70. The zero-order chi connectivity index (χ0) is 9.14. The van der Waals surface area contributed by atoms with E-state index in [1.165, 1.54) is 7.11 Å². The summed E-state index contributed by atoms with van der Waals surface area (Å²) in [4.78, 5) is 21.2. The number of carboxylic acids is 1. The number of methoxy groups -OCH3 is 1. The molecular weight excluding hydrogens is 160 g/mol. The maximum absolute atomic E-state index is 10.7. The van der Waals surface area contributed by atoms with Crippen LogP contribution >= 0.6 is 0 Å². The van der Waals surface area contributed by atoms with Crippen LogP contribution in [0, 0.1) is 11.8 Å². The van der Waals surface area contributed by atoms with E-state index in [1.807, 2.05) is 0 Å². The summed E-state index contributed by atoms with van der Waals surface area (Å²) in [5.74, 6) is -1.95. The van der Waals surface area contributed by atoms with Crippen LogP contribution in [-0.2, 0) is 14.3 Å². The van der Waals surface area contributed by atoms with Gasteiger partial charge in [0.25, 0.3) is 0 Å². The Labute approximate surface area is 70.5 Å². The van der Waals surface area contributed by atoms with Crippen molar-refractivity contribution in [3.05, 3.63) is 0 Å². The molecule has 1 aliphatic rings. The van der Waals surface area contributed by atoms with Crippen molar-refractivity contribution in [2.75, 3.05) is 7.11 Å². The summed E-state index contributed by atoms with van der Waals surface area (Å²) in [7, 11) is 1.48. The second kappa shape index (κ2) is 3.67. The molecule has 3 unspecified atom stereocenters. The predicted molar refractivity (Wildman–Crippen MR) is 40.7 cm³/mol. The monoisotopic (exact) mass is 172 g/mol. The van der Waals surface area contributed by atoms with E-state index < -0.39 is 11.9 Å². The van der Waals surface area contributed by atoms with Crippen LogP contribution < -0.4 is 0 Å². The molecule has 0 bridgehead atoms. The van der Waals surface area contributed by atoms with Crippen molar-refractivity contribution in [1.82, 2.24) is 0 Å². The second-order valence-electron chi connectivity index (χ2n) is 3.02. The largest absolute Gasteiger partial charge is 0.481 e. The third kappa shape index (κ3) is 1.48. The molecule has 1 N–H and O–H groups in total. The van der Waals surface area contributed by atoms with Crippen LogP contribution in [0.4, 0.5) is 0 Å². The summed E-state index contributed by atoms with van der Waals surface area (Å²) < 4.78 is 4.98. The Morgan fingerprint density at radius 1 is 1.58 bits per heavy atom. The van der Waals surface area contributed by atoms with Gasteiger partial charge in [0.2, 0.25) is 0 Å². The number of carbonyl (C=O) groups is 2. The summed E-state index contributed by atoms with van der Waals surface area (Å²) in [6.45, 7) is 0. The number of rotatable bonds is 3. The zero-order valence-electron chi connectivity index (χ0n) is 6.90. The third-order valence-electron chi connectivity index (χ3n) is 2.41. The first kappa shape index (κ1) is 9.19. The first-order valence-corrected chi connectivity index (χ1v) is 3.91. The molecule has 1 aliphatic carbocycles. The van der Waals surface area contributed by atoms with E-state index >= 15 is 0 Å². The highest BCUT2D eigenvalue weighted by Gasteiger charge is 2.41. The van der Waals surface area contributed by atoms with E-state index in [0.717, 1.165) is 6.29 Å². The van der Waals surface area contributed by atoms with Crippen molar-refractivity contribution in [1.29, 1.82) is 0 Å². The van der Waals surface area contributed by atoms with Crippen LogP contribution in [-0.4, -0.2) is 30.6 Å². The van der Waals surface area contributed by atoms with Gasteiger partial charge >= 0.3 is 5.97 Å². The number of aliphatic carboxylic acids is 1. The van der Waals surface area contributed by atoms with Crippen molar-refractivity contribution < 1.29 is 19.4 Å². The smallest absolute Gasteiger partial charge is 0.309 e. The van der Waals surface area contributed by atoms with Gasteiger partial charge in [-0.05, 0) is 12.8 Å². The number of aldehydes is 1. The lowest BCUT2D eigenvalue weighted by molar-refractivity contribution is -0.148. The number of carbonyl (C=O) groups excluding carboxylic acids is 1. The molecule has 0 amide bonds. The van der Waals surface area contributed by atoms with Crippen LogP contribution in [0.25, 0.3) is 0 Å². The van der Waals surface area contributed by atoms with E-state index in [-0.39, 0.29) is 12.0 Å². The Morgan fingerprint density at radius 3 is 2.67 bits per heavy atom. The molecular formula is C8H12O4. The third-order valence-corrected chi connectivity index (χ3v) is 2.41. The Balaban J connectivity index is 2.71. The maximum Gasteiger partial charge on any atom is 0.309 e. The van der Waals surface area contributed by atoms with Gasteiger partial charge in [-0.1, -0.05) is 0 Å². The summed E-state index contributed by atoms with van der Waals surface area (Å²) in [5.41, 5.74) is 0. The van der Waals surface area contributed by atoms with Crippen LogP contribution in [0.5, 0.6) is 0 Å². The molecule has 4 heteroatoms. The summed E-state index contributed by atoms with van der Waals surface area (Å²) >= 11 is 0. The standard InChI is InChI=1S/C8H12O4/c1-12-6-3-2-5(4-9)7(6)8(10)11/h4-7H,2-3H2,1H3,(H,10,11). The minimum atomic E-state index is -0.934. The number of ether oxygens (including phenoxy) is 1. The lowest BCUT2D eigenvalue weighted by atomic mass is 9.96. The van der Waals surface area contributed by atoms with Gasteiger partial charge in [-0.3, -0.25) is 4.79 Å². The molecule has 1 saturated carbocycles. The topological polar surface area (TPSA) is 63.6 Å². The van der Waals surface area contributed by atoms with E-state index in [1.54, 1.807) is 0 Å². The van der Waals surface area contributed by atoms with Crippen LogP contribution in [0.1, 0.15) is 12.8 Å². The van der Waals surface area contributed by atoms with Crippen LogP contribution in [0.15, 0.2) is 0 Å². The molecule has 4 nitrogen and oxygen atoms in total. The van der Waals surface area contributed by atoms with E-state index in [9.17, 15) is 9.59 Å². The molecule has 1 rings (SSSR count). The molecule has 1 fully saturated rings. The second-order valence-corrected chi connectivity index (χ2v) is 3.02. The summed E-state index contributed by atoms with van der Waals surface area (Å²) in [5, 5.41) is 8.78. The SMILES string of the molecule is COC1CCC(C=O)C1C(=O)O. The van der Waals surface area contributed by atoms with Crippen molar-refractivity contribution >= 4 is 12.3 Å². The van der Waals surface area contributed by atoms with Crippen molar-refractivity contribution in [2.24, 2.45) is 11.8 Å². The highest BCUT2D eigenvalue weighted by molar-refractivity contribution is 5.76. The molecule has 0 aliphatic heterocycles. The molecule has 0 spiro atoms. The van der Waals surface area contributed by atoms with Gasteiger partial charge in [0, 0.05) is 13.0 Å².